The third kappa shape index (κ3) is 6.01. The number of carbonyl (C=O) groups is 1. The number of quaternary nitrogens is 1. The predicted molar refractivity (Wildman–Crippen MR) is 131 cm³/mol. The zero-order chi connectivity index (χ0) is 22.2. The van der Waals surface area contributed by atoms with E-state index in [2.05, 4.69) is 22.8 Å². The molecule has 164 valence electrons. The van der Waals surface area contributed by atoms with Crippen molar-refractivity contribution in [3.8, 4) is 0 Å². The number of anilines is 1. The van der Waals surface area contributed by atoms with E-state index in [4.69, 9.17) is 17.0 Å². The first-order valence-corrected chi connectivity index (χ1v) is 11.3. The van der Waals surface area contributed by atoms with Crippen LogP contribution >= 0.6 is 12.2 Å². The molecular formula is C26H28N3O2S+. The average Bonchev–Trinajstić information content (AvgIpc) is 2.82. The summed E-state index contributed by atoms with van der Waals surface area (Å²) in [5, 5.41) is 6.29. The molecule has 1 amide bonds. The molecule has 3 aromatic rings. The van der Waals surface area contributed by atoms with Crippen LogP contribution < -0.4 is 15.5 Å². The van der Waals surface area contributed by atoms with E-state index in [9.17, 15) is 4.79 Å². The quantitative estimate of drug-likeness (QED) is 0.510. The maximum absolute atomic E-state index is 13.2. The molecule has 1 aliphatic rings. The second kappa shape index (κ2) is 11.0. The molecule has 0 aromatic heterocycles. The summed E-state index contributed by atoms with van der Waals surface area (Å²) in [7, 11) is 0. The topological polar surface area (TPSA) is 54.8 Å². The Morgan fingerprint density at radius 1 is 0.875 bits per heavy atom. The van der Waals surface area contributed by atoms with E-state index in [1.54, 1.807) is 0 Å². The van der Waals surface area contributed by atoms with Crippen LogP contribution in [-0.4, -0.2) is 37.3 Å². The molecule has 1 heterocycles. The lowest BCUT2D eigenvalue weighted by molar-refractivity contribution is -0.921. The Kier molecular flexibility index (Phi) is 7.61. The number of morpholine rings is 1. The van der Waals surface area contributed by atoms with Crippen LogP contribution in [-0.2, 0) is 16.1 Å². The maximum Gasteiger partial charge on any atom is 0.238 e. The van der Waals surface area contributed by atoms with Crippen molar-refractivity contribution in [2.45, 2.75) is 12.5 Å². The fourth-order valence-electron chi connectivity index (χ4n) is 3.96. The summed E-state index contributed by atoms with van der Waals surface area (Å²) < 4.78 is 5.43. The van der Waals surface area contributed by atoms with E-state index in [0.29, 0.717) is 5.11 Å². The summed E-state index contributed by atoms with van der Waals surface area (Å²) in [6.07, 6.45) is 0. The van der Waals surface area contributed by atoms with E-state index in [1.807, 2.05) is 72.8 Å². The van der Waals surface area contributed by atoms with Crippen molar-refractivity contribution >= 4 is 28.9 Å². The molecule has 3 aromatic carbocycles. The summed E-state index contributed by atoms with van der Waals surface area (Å²) in [4.78, 5) is 14.7. The fraction of sp³-hybridized carbons (Fsp3) is 0.231. The van der Waals surface area contributed by atoms with Crippen LogP contribution in [0.25, 0.3) is 0 Å². The second-order valence-corrected chi connectivity index (χ2v) is 8.34. The van der Waals surface area contributed by atoms with Crippen molar-refractivity contribution in [3.05, 3.63) is 102 Å². The van der Waals surface area contributed by atoms with Gasteiger partial charge in [-0.3, -0.25) is 4.79 Å². The molecule has 1 aliphatic heterocycles. The minimum atomic E-state index is -0.434. The zero-order valence-electron chi connectivity index (χ0n) is 17.9. The molecule has 5 nitrogen and oxygen atoms in total. The Morgan fingerprint density at radius 3 is 2.00 bits per heavy atom. The van der Waals surface area contributed by atoms with Gasteiger partial charge >= 0.3 is 0 Å². The van der Waals surface area contributed by atoms with Crippen LogP contribution in [0.1, 0.15) is 22.6 Å². The third-order valence-electron chi connectivity index (χ3n) is 5.63. The van der Waals surface area contributed by atoms with Crippen molar-refractivity contribution in [1.29, 1.82) is 0 Å². The second-order valence-electron chi connectivity index (χ2n) is 7.93. The Balaban J connectivity index is 1.38. The van der Waals surface area contributed by atoms with Gasteiger partial charge in [0.1, 0.15) is 19.6 Å². The van der Waals surface area contributed by atoms with Gasteiger partial charge in [0, 0.05) is 11.3 Å². The highest BCUT2D eigenvalue weighted by molar-refractivity contribution is 7.80. The Bertz CT molecular complexity index is 980. The van der Waals surface area contributed by atoms with Gasteiger partial charge in [-0.15, -0.1) is 0 Å². The summed E-state index contributed by atoms with van der Waals surface area (Å²) in [5.74, 6) is -0.594. The SMILES string of the molecule is O=C(NC(=S)Nc1ccc(C[NH+]2CCOCC2)cc1)C(c1ccccc1)c1ccccc1. The zero-order valence-corrected chi connectivity index (χ0v) is 18.7. The Labute approximate surface area is 194 Å². The molecule has 1 fully saturated rings. The molecule has 0 aliphatic carbocycles. The smallest absolute Gasteiger partial charge is 0.238 e. The van der Waals surface area contributed by atoms with E-state index < -0.39 is 5.92 Å². The highest BCUT2D eigenvalue weighted by Gasteiger charge is 2.23. The lowest BCUT2D eigenvalue weighted by Crippen LogP contribution is -3.12. The van der Waals surface area contributed by atoms with Crippen molar-refractivity contribution in [1.82, 2.24) is 5.32 Å². The molecule has 0 atom stereocenters. The molecular weight excluding hydrogens is 418 g/mol. The van der Waals surface area contributed by atoms with Gasteiger partial charge in [-0.2, -0.15) is 0 Å². The summed E-state index contributed by atoms with van der Waals surface area (Å²) in [6.45, 7) is 4.73. The van der Waals surface area contributed by atoms with E-state index in [-0.39, 0.29) is 5.91 Å². The van der Waals surface area contributed by atoms with Gasteiger partial charge in [0.2, 0.25) is 5.91 Å². The highest BCUT2D eigenvalue weighted by Crippen LogP contribution is 2.24. The number of nitrogens with one attached hydrogen (secondary N) is 3. The monoisotopic (exact) mass is 446 g/mol. The molecule has 1 saturated heterocycles. The molecule has 0 bridgehead atoms. The molecule has 4 rings (SSSR count). The first-order valence-electron chi connectivity index (χ1n) is 10.9. The number of rotatable bonds is 6. The Morgan fingerprint density at radius 2 is 1.44 bits per heavy atom. The van der Waals surface area contributed by atoms with Gasteiger partial charge < -0.3 is 20.3 Å². The van der Waals surface area contributed by atoms with Crippen molar-refractivity contribution < 1.29 is 14.4 Å². The largest absolute Gasteiger partial charge is 0.370 e. The third-order valence-corrected chi connectivity index (χ3v) is 5.83. The summed E-state index contributed by atoms with van der Waals surface area (Å²) in [5.41, 5.74) is 3.98. The number of hydrogen-bond donors (Lipinski definition) is 3. The average molecular weight is 447 g/mol. The number of amides is 1. The first kappa shape index (κ1) is 22.1. The van der Waals surface area contributed by atoms with Crippen molar-refractivity contribution in [2.24, 2.45) is 0 Å². The van der Waals surface area contributed by atoms with Crippen LogP contribution in [0.5, 0.6) is 0 Å². The van der Waals surface area contributed by atoms with Gasteiger partial charge in [-0.05, 0) is 35.5 Å². The van der Waals surface area contributed by atoms with Gasteiger partial charge in [-0.1, -0.05) is 72.8 Å². The number of thiocarbonyl (C=S) groups is 1. The lowest BCUT2D eigenvalue weighted by Gasteiger charge is -2.23. The van der Waals surface area contributed by atoms with Crippen molar-refractivity contribution in [2.75, 3.05) is 31.6 Å². The molecule has 32 heavy (non-hydrogen) atoms. The van der Waals surface area contributed by atoms with Crippen molar-refractivity contribution in [3.63, 3.8) is 0 Å². The predicted octanol–water partition coefficient (Wildman–Crippen LogP) is 2.75. The number of benzene rings is 3. The normalized spacial score (nSPS) is 14.2. The van der Waals surface area contributed by atoms with Crippen LogP contribution in [0.3, 0.4) is 0 Å². The minimum absolute atomic E-state index is 0.160. The molecule has 6 heteroatoms. The van der Waals surface area contributed by atoms with Crippen LogP contribution in [0.2, 0.25) is 0 Å². The summed E-state index contributed by atoms with van der Waals surface area (Å²) >= 11 is 5.43. The number of ether oxygens (including phenoxy) is 1. The molecule has 0 saturated carbocycles. The Hall–Kier alpha value is -3.06. The molecule has 0 unspecified atom stereocenters. The van der Waals surface area contributed by atoms with Crippen LogP contribution in [0.4, 0.5) is 5.69 Å². The van der Waals surface area contributed by atoms with E-state index in [1.165, 1.54) is 10.5 Å². The molecule has 3 N–H and O–H groups in total. The first-order chi connectivity index (χ1) is 15.7. The van der Waals surface area contributed by atoms with Crippen LogP contribution in [0.15, 0.2) is 84.9 Å². The summed E-state index contributed by atoms with van der Waals surface area (Å²) in [6, 6.07) is 27.7. The van der Waals surface area contributed by atoms with E-state index in [0.717, 1.165) is 49.7 Å². The van der Waals surface area contributed by atoms with E-state index >= 15 is 0 Å². The van der Waals surface area contributed by atoms with Gasteiger partial charge in [-0.25, -0.2) is 0 Å². The van der Waals surface area contributed by atoms with Gasteiger partial charge in [0.15, 0.2) is 5.11 Å². The van der Waals surface area contributed by atoms with Gasteiger partial charge in [0.05, 0.1) is 19.1 Å². The molecule has 0 radical (unpaired) electrons. The highest BCUT2D eigenvalue weighted by atomic mass is 32.1. The molecule has 0 spiro atoms. The number of hydrogen-bond acceptors (Lipinski definition) is 3. The standard InChI is InChI=1S/C26H27N3O2S/c30-25(24(21-7-3-1-4-8-21)22-9-5-2-6-10-22)28-26(32)27-23-13-11-20(12-14-23)19-29-15-17-31-18-16-29/h1-14,24H,15-19H2,(H2,27,28,30,32)/p+1. The maximum atomic E-state index is 13.2. The number of carbonyl (C=O) groups excluding carboxylic acids is 1. The minimum Gasteiger partial charge on any atom is -0.370 e. The fourth-order valence-corrected chi connectivity index (χ4v) is 4.18. The lowest BCUT2D eigenvalue weighted by atomic mass is 9.90. The van der Waals surface area contributed by atoms with Gasteiger partial charge in [0.25, 0.3) is 0 Å². The van der Waals surface area contributed by atoms with Crippen LogP contribution in [0, 0.1) is 0 Å².